The molecule has 26 heavy (non-hydrogen) atoms. The lowest BCUT2D eigenvalue weighted by molar-refractivity contribution is 0.386. The molecule has 0 unspecified atom stereocenters. The highest BCUT2D eigenvalue weighted by molar-refractivity contribution is 6.05. The van der Waals surface area contributed by atoms with Crippen molar-refractivity contribution in [3.8, 4) is 0 Å². The minimum Gasteiger partial charge on any atom is -0.339 e. The van der Waals surface area contributed by atoms with Crippen molar-refractivity contribution in [1.29, 1.82) is 0 Å². The van der Waals surface area contributed by atoms with Gasteiger partial charge < -0.3 is 9.88 Å². The van der Waals surface area contributed by atoms with Gasteiger partial charge in [0, 0.05) is 35.6 Å². The second-order valence-corrected chi connectivity index (χ2v) is 6.42. The second-order valence-electron chi connectivity index (χ2n) is 6.42. The van der Waals surface area contributed by atoms with Gasteiger partial charge in [-0.1, -0.05) is 30.4 Å². The van der Waals surface area contributed by atoms with Crippen molar-refractivity contribution in [1.82, 2.24) is 19.9 Å². The molecule has 126 valence electrons. The number of H-pyrrole nitrogens is 1. The van der Waals surface area contributed by atoms with Gasteiger partial charge in [0.15, 0.2) is 0 Å². The number of hydrogen-bond acceptors (Lipinski definition) is 4. The number of benzene rings is 1. The van der Waals surface area contributed by atoms with Crippen LogP contribution in [0.2, 0.25) is 0 Å². The first kappa shape index (κ1) is 14.9. The number of aromatic nitrogens is 3. The maximum Gasteiger partial charge on any atom is 0.231 e. The number of allylic oxidation sites excluding steroid dienone is 4. The smallest absolute Gasteiger partial charge is 0.231 e. The third kappa shape index (κ3) is 2.65. The second kappa shape index (κ2) is 6.14. The van der Waals surface area contributed by atoms with E-state index in [0.29, 0.717) is 5.95 Å². The number of nitrogens with zero attached hydrogens (tertiary/aromatic N) is 3. The van der Waals surface area contributed by atoms with Crippen molar-refractivity contribution in [2.24, 2.45) is 0 Å². The number of fused-ring (bicyclic) bond motifs is 3. The van der Waals surface area contributed by atoms with Crippen LogP contribution >= 0.6 is 0 Å². The van der Waals surface area contributed by atoms with E-state index in [0.717, 1.165) is 47.1 Å². The zero-order chi connectivity index (χ0) is 17.3. The number of rotatable bonds is 3. The first-order chi connectivity index (χ1) is 12.9. The van der Waals surface area contributed by atoms with Crippen LogP contribution in [-0.2, 0) is 0 Å². The topological polar surface area (TPSA) is 56.8 Å². The number of aromatic amines is 1. The quantitative estimate of drug-likeness (QED) is 0.560. The van der Waals surface area contributed by atoms with E-state index in [4.69, 9.17) is 0 Å². The molecule has 0 fully saturated rings. The van der Waals surface area contributed by atoms with Crippen LogP contribution in [-0.4, -0.2) is 32.9 Å². The van der Waals surface area contributed by atoms with Crippen LogP contribution in [0.4, 0.5) is 5.95 Å². The fourth-order valence-corrected chi connectivity index (χ4v) is 3.38. The Morgan fingerprint density at radius 3 is 2.92 bits per heavy atom. The molecule has 0 atom stereocenters. The molecule has 2 aromatic heterocycles. The summed E-state index contributed by atoms with van der Waals surface area (Å²) in [6.07, 6.45) is 16.8. The van der Waals surface area contributed by atoms with Crippen molar-refractivity contribution in [2.45, 2.75) is 6.42 Å². The molecule has 0 saturated carbocycles. The van der Waals surface area contributed by atoms with Crippen LogP contribution in [0.1, 0.15) is 6.42 Å². The summed E-state index contributed by atoms with van der Waals surface area (Å²) >= 11 is 0. The number of nitrogens with one attached hydrogen (secondary N) is 2. The molecule has 3 aromatic rings. The van der Waals surface area contributed by atoms with Gasteiger partial charge in [0.05, 0.1) is 18.2 Å². The molecule has 5 rings (SSSR count). The maximum atomic E-state index is 4.60. The molecule has 0 bridgehead atoms. The van der Waals surface area contributed by atoms with E-state index in [1.165, 1.54) is 5.70 Å². The first-order valence-electron chi connectivity index (χ1n) is 8.79. The molecular formula is C21H18N5+. The Hall–Kier alpha value is -3.43. The van der Waals surface area contributed by atoms with Crippen molar-refractivity contribution in [3.63, 3.8) is 0 Å². The van der Waals surface area contributed by atoms with Gasteiger partial charge in [0.25, 0.3) is 0 Å². The van der Waals surface area contributed by atoms with Gasteiger partial charge in [-0.05, 0) is 12.5 Å². The molecular weight excluding hydrogens is 322 g/mol. The molecule has 2 aliphatic rings. The molecule has 5 heteroatoms. The summed E-state index contributed by atoms with van der Waals surface area (Å²) in [5.74, 6) is 0.564. The van der Waals surface area contributed by atoms with E-state index in [1.54, 1.807) is 0 Å². The van der Waals surface area contributed by atoms with E-state index < -0.39 is 0 Å². The van der Waals surface area contributed by atoms with Crippen LogP contribution in [0, 0.1) is 6.08 Å². The van der Waals surface area contributed by atoms with Crippen LogP contribution in [0.25, 0.3) is 21.9 Å². The molecule has 0 saturated heterocycles. The van der Waals surface area contributed by atoms with Gasteiger partial charge in [0.1, 0.15) is 17.4 Å². The Kier molecular flexibility index (Phi) is 3.51. The average molecular weight is 340 g/mol. The Labute approximate surface area is 151 Å². The van der Waals surface area contributed by atoms with E-state index >= 15 is 0 Å². The Morgan fingerprint density at radius 1 is 1.12 bits per heavy atom. The van der Waals surface area contributed by atoms with E-state index in [1.807, 2.05) is 36.5 Å². The highest BCUT2D eigenvalue weighted by Gasteiger charge is 2.17. The summed E-state index contributed by atoms with van der Waals surface area (Å²) in [6, 6.07) is 8.16. The van der Waals surface area contributed by atoms with E-state index in [2.05, 4.69) is 55.5 Å². The fourth-order valence-electron chi connectivity index (χ4n) is 3.38. The van der Waals surface area contributed by atoms with Gasteiger partial charge in [-0.3, -0.25) is 5.32 Å². The molecule has 5 nitrogen and oxygen atoms in total. The van der Waals surface area contributed by atoms with Crippen LogP contribution < -0.4 is 5.32 Å². The summed E-state index contributed by atoms with van der Waals surface area (Å²) in [5, 5.41) is 5.41. The summed E-state index contributed by atoms with van der Waals surface area (Å²) in [6.45, 7) is 2.01. The predicted molar refractivity (Wildman–Crippen MR) is 104 cm³/mol. The lowest BCUT2D eigenvalue weighted by Gasteiger charge is -2.22. The highest BCUT2D eigenvalue weighted by Crippen LogP contribution is 2.24. The van der Waals surface area contributed by atoms with Crippen molar-refractivity contribution in [3.05, 3.63) is 78.3 Å². The van der Waals surface area contributed by atoms with Gasteiger partial charge in [-0.25, -0.2) is 4.98 Å². The summed E-state index contributed by atoms with van der Waals surface area (Å²) in [5.41, 5.74) is 3.95. The Balaban J connectivity index is 1.39. The van der Waals surface area contributed by atoms with Crippen LogP contribution in [0.5, 0.6) is 0 Å². The number of hydrogen-bond donors (Lipinski definition) is 2. The molecule has 0 spiro atoms. The third-order valence-electron chi connectivity index (χ3n) is 4.73. The minimum absolute atomic E-state index is 0.564. The SMILES string of the molecule is [C+]1=C(Nc2ncc3c(n2)[nH]c2ccccc23)C=CC(N2CC=CCC2)=C1. The highest BCUT2D eigenvalue weighted by atomic mass is 15.1. The monoisotopic (exact) mass is 340 g/mol. The van der Waals surface area contributed by atoms with Gasteiger partial charge in [-0.15, -0.1) is 0 Å². The Morgan fingerprint density at radius 2 is 2.08 bits per heavy atom. The van der Waals surface area contributed by atoms with E-state index in [9.17, 15) is 0 Å². The van der Waals surface area contributed by atoms with Gasteiger partial charge in [-0.2, -0.15) is 4.98 Å². The molecule has 1 aliphatic carbocycles. The molecule has 0 radical (unpaired) electrons. The zero-order valence-corrected chi connectivity index (χ0v) is 14.2. The lowest BCUT2D eigenvalue weighted by atomic mass is 10.1. The number of anilines is 1. The summed E-state index contributed by atoms with van der Waals surface area (Å²) in [7, 11) is 0. The molecule has 2 N–H and O–H groups in total. The largest absolute Gasteiger partial charge is 0.339 e. The maximum absolute atomic E-state index is 4.60. The van der Waals surface area contributed by atoms with E-state index in [-0.39, 0.29) is 0 Å². The zero-order valence-electron chi connectivity index (χ0n) is 14.2. The average Bonchev–Trinajstić information content (AvgIpc) is 3.07. The predicted octanol–water partition coefficient (Wildman–Crippen LogP) is 3.93. The minimum atomic E-state index is 0.564. The van der Waals surface area contributed by atoms with Crippen molar-refractivity contribution >= 4 is 27.9 Å². The molecule has 1 aromatic carbocycles. The number of para-hydroxylation sites is 1. The van der Waals surface area contributed by atoms with Gasteiger partial charge >= 0.3 is 0 Å². The normalized spacial score (nSPS) is 16.5. The molecule has 1 aliphatic heterocycles. The van der Waals surface area contributed by atoms with Crippen LogP contribution in [0.3, 0.4) is 0 Å². The fraction of sp³-hybridized carbons (Fsp3) is 0.143. The van der Waals surface area contributed by atoms with Crippen molar-refractivity contribution in [2.75, 3.05) is 18.4 Å². The third-order valence-corrected chi connectivity index (χ3v) is 4.73. The standard InChI is InChI=1S/C21H18N5/c1-4-12-26(13-5-1)16-10-8-15(9-11-16)23-21-22-14-18-17-6-2-3-7-19(17)24-20(18)25-21/h1-4,6-8,10-11,14H,5,12-13H2,(H2,22,23,24,25)/q+1. The lowest BCUT2D eigenvalue weighted by Crippen LogP contribution is -2.26. The van der Waals surface area contributed by atoms with Crippen LogP contribution in [0.15, 0.2) is 72.2 Å². The first-order valence-corrected chi connectivity index (χ1v) is 8.79. The summed E-state index contributed by atoms with van der Waals surface area (Å²) < 4.78 is 0. The van der Waals surface area contributed by atoms with Crippen molar-refractivity contribution < 1.29 is 0 Å². The van der Waals surface area contributed by atoms with Gasteiger partial charge in [0.2, 0.25) is 11.6 Å². The molecule has 3 heterocycles. The Bertz CT molecular complexity index is 1100. The summed E-state index contributed by atoms with van der Waals surface area (Å²) in [4.78, 5) is 14.7. The molecule has 0 amide bonds.